The SMILES string of the molecule is COc1cc(-c2nc3ccccn3c2NC(C)(C)CC(C)(C)C)ccc1OS(=O)(=O)c1ccc(F)cc1. The van der Waals surface area contributed by atoms with E-state index in [1.807, 2.05) is 28.8 Å². The number of ether oxygens (including phenoxy) is 1. The number of fused-ring (bicyclic) bond motifs is 1. The molecule has 0 unspecified atom stereocenters. The number of benzene rings is 2. The van der Waals surface area contributed by atoms with Crippen molar-refractivity contribution in [1.29, 1.82) is 0 Å². The Labute approximate surface area is 217 Å². The lowest BCUT2D eigenvalue weighted by Gasteiger charge is -2.34. The summed E-state index contributed by atoms with van der Waals surface area (Å²) in [7, 11) is -2.75. The van der Waals surface area contributed by atoms with E-state index < -0.39 is 15.9 Å². The molecule has 2 heterocycles. The summed E-state index contributed by atoms with van der Waals surface area (Å²) in [6.07, 6.45) is 2.86. The fourth-order valence-corrected chi connectivity index (χ4v) is 5.60. The van der Waals surface area contributed by atoms with E-state index in [1.54, 1.807) is 12.1 Å². The van der Waals surface area contributed by atoms with E-state index in [2.05, 4.69) is 39.9 Å². The largest absolute Gasteiger partial charge is 0.493 e. The Morgan fingerprint density at radius 1 is 0.973 bits per heavy atom. The zero-order chi connectivity index (χ0) is 27.0. The highest BCUT2D eigenvalue weighted by atomic mass is 32.2. The summed E-state index contributed by atoms with van der Waals surface area (Å²) in [6.45, 7) is 10.9. The van der Waals surface area contributed by atoms with E-state index in [0.717, 1.165) is 47.7 Å². The number of aromatic nitrogens is 2. The summed E-state index contributed by atoms with van der Waals surface area (Å²) in [4.78, 5) is 4.69. The molecule has 37 heavy (non-hydrogen) atoms. The van der Waals surface area contributed by atoms with Crippen molar-refractivity contribution >= 4 is 21.6 Å². The Kier molecular flexibility index (Phi) is 6.94. The molecule has 4 aromatic rings. The number of imidazole rings is 1. The molecule has 0 aliphatic heterocycles. The van der Waals surface area contributed by atoms with Gasteiger partial charge in [0, 0.05) is 17.3 Å². The summed E-state index contributed by atoms with van der Waals surface area (Å²) in [5.74, 6) is 0.519. The first-order valence-electron chi connectivity index (χ1n) is 11.9. The molecule has 196 valence electrons. The number of halogens is 1. The van der Waals surface area contributed by atoms with E-state index in [0.29, 0.717) is 5.69 Å². The van der Waals surface area contributed by atoms with Gasteiger partial charge in [0.05, 0.1) is 7.11 Å². The van der Waals surface area contributed by atoms with E-state index in [4.69, 9.17) is 13.9 Å². The van der Waals surface area contributed by atoms with Crippen LogP contribution in [-0.2, 0) is 10.1 Å². The van der Waals surface area contributed by atoms with E-state index >= 15 is 0 Å². The van der Waals surface area contributed by atoms with Crippen LogP contribution in [0.3, 0.4) is 0 Å². The fourth-order valence-electron chi connectivity index (χ4n) is 4.66. The molecule has 0 saturated carbocycles. The van der Waals surface area contributed by atoms with Gasteiger partial charge in [-0.3, -0.25) is 4.40 Å². The highest BCUT2D eigenvalue weighted by Crippen LogP contribution is 2.39. The maximum atomic E-state index is 13.3. The summed E-state index contributed by atoms with van der Waals surface area (Å²) in [5.41, 5.74) is 2.05. The van der Waals surface area contributed by atoms with E-state index in [9.17, 15) is 12.8 Å². The van der Waals surface area contributed by atoms with Crippen LogP contribution >= 0.6 is 0 Å². The van der Waals surface area contributed by atoms with Crippen LogP contribution in [0.4, 0.5) is 10.2 Å². The Morgan fingerprint density at radius 2 is 1.68 bits per heavy atom. The number of rotatable bonds is 8. The quantitative estimate of drug-likeness (QED) is 0.263. The average Bonchev–Trinajstić information content (AvgIpc) is 3.15. The van der Waals surface area contributed by atoms with Gasteiger partial charge in [0.1, 0.15) is 27.9 Å². The van der Waals surface area contributed by atoms with Crippen LogP contribution in [0.15, 0.2) is 71.8 Å². The van der Waals surface area contributed by atoms with Crippen molar-refractivity contribution < 1.29 is 21.7 Å². The molecular weight excluding hydrogens is 493 g/mol. The smallest absolute Gasteiger partial charge is 0.339 e. The van der Waals surface area contributed by atoms with Gasteiger partial charge in [0.25, 0.3) is 0 Å². The molecule has 9 heteroatoms. The standard InChI is InChI=1S/C28H32FN3O4S/c1-27(2,3)18-28(4,5)31-26-25(30-24-9-7-8-16-32(24)26)19-10-15-22(23(17-19)35-6)36-37(33,34)21-13-11-20(29)12-14-21/h7-17,31H,18H2,1-6H3. The minimum atomic E-state index is -4.19. The number of pyridine rings is 1. The highest BCUT2D eigenvalue weighted by molar-refractivity contribution is 7.87. The van der Waals surface area contributed by atoms with Crippen LogP contribution in [0.1, 0.15) is 41.0 Å². The third kappa shape index (κ3) is 6.05. The number of methoxy groups -OCH3 is 1. The van der Waals surface area contributed by atoms with Crippen molar-refractivity contribution in [2.45, 2.75) is 51.5 Å². The van der Waals surface area contributed by atoms with Gasteiger partial charge < -0.3 is 14.2 Å². The van der Waals surface area contributed by atoms with Crippen molar-refractivity contribution in [3.05, 3.63) is 72.7 Å². The molecule has 2 aromatic heterocycles. The number of nitrogens with zero attached hydrogens (tertiary/aromatic N) is 2. The van der Waals surface area contributed by atoms with Crippen LogP contribution in [0.25, 0.3) is 16.9 Å². The van der Waals surface area contributed by atoms with Gasteiger partial charge in [-0.1, -0.05) is 26.8 Å². The Hall–Kier alpha value is -3.59. The van der Waals surface area contributed by atoms with Crippen molar-refractivity contribution in [2.75, 3.05) is 12.4 Å². The Bertz CT molecular complexity index is 1520. The highest BCUT2D eigenvalue weighted by Gasteiger charge is 2.28. The van der Waals surface area contributed by atoms with Crippen molar-refractivity contribution in [3.8, 4) is 22.8 Å². The maximum absolute atomic E-state index is 13.3. The fraction of sp³-hybridized carbons (Fsp3) is 0.321. The molecule has 0 aliphatic carbocycles. The zero-order valence-corrected chi connectivity index (χ0v) is 22.7. The lowest BCUT2D eigenvalue weighted by Crippen LogP contribution is -2.36. The molecule has 0 amide bonds. The first-order chi connectivity index (χ1) is 17.3. The predicted octanol–water partition coefficient (Wildman–Crippen LogP) is 6.54. The second kappa shape index (κ2) is 9.70. The average molecular weight is 526 g/mol. The van der Waals surface area contributed by atoms with Crippen LogP contribution in [0.5, 0.6) is 11.5 Å². The molecule has 7 nitrogen and oxygen atoms in total. The second-order valence-corrected chi connectivity index (χ2v) is 12.4. The topological polar surface area (TPSA) is 81.9 Å². The second-order valence-electron chi connectivity index (χ2n) is 10.8. The molecule has 4 rings (SSSR count). The van der Waals surface area contributed by atoms with Crippen molar-refractivity contribution in [3.63, 3.8) is 0 Å². The zero-order valence-electron chi connectivity index (χ0n) is 21.9. The summed E-state index contributed by atoms with van der Waals surface area (Å²) in [6, 6.07) is 15.2. The number of nitrogens with one attached hydrogen (secondary N) is 1. The predicted molar refractivity (Wildman–Crippen MR) is 143 cm³/mol. The number of anilines is 1. The molecule has 0 radical (unpaired) electrons. The molecule has 0 atom stereocenters. The van der Waals surface area contributed by atoms with Gasteiger partial charge in [0.15, 0.2) is 11.5 Å². The Morgan fingerprint density at radius 3 is 2.32 bits per heavy atom. The summed E-state index contributed by atoms with van der Waals surface area (Å²) < 4.78 is 51.6. The number of hydrogen-bond acceptors (Lipinski definition) is 6. The van der Waals surface area contributed by atoms with Gasteiger partial charge in [-0.25, -0.2) is 9.37 Å². The van der Waals surface area contributed by atoms with Crippen LogP contribution in [0.2, 0.25) is 0 Å². The molecule has 2 aromatic carbocycles. The number of hydrogen-bond donors (Lipinski definition) is 1. The lowest BCUT2D eigenvalue weighted by molar-refractivity contribution is 0.302. The van der Waals surface area contributed by atoms with Crippen LogP contribution in [0, 0.1) is 11.2 Å². The minimum absolute atomic E-state index is 0.0157. The normalized spacial score (nSPS) is 12.5. The van der Waals surface area contributed by atoms with Gasteiger partial charge >= 0.3 is 10.1 Å². The van der Waals surface area contributed by atoms with Gasteiger partial charge in [-0.15, -0.1) is 0 Å². The molecule has 0 aliphatic rings. The summed E-state index contributed by atoms with van der Waals surface area (Å²) >= 11 is 0. The molecule has 1 N–H and O–H groups in total. The van der Waals surface area contributed by atoms with Crippen molar-refractivity contribution in [1.82, 2.24) is 9.38 Å². The maximum Gasteiger partial charge on any atom is 0.339 e. The van der Waals surface area contributed by atoms with Crippen LogP contribution < -0.4 is 14.2 Å². The molecular formula is C28H32FN3O4S. The summed E-state index contributed by atoms with van der Waals surface area (Å²) in [5, 5.41) is 3.68. The minimum Gasteiger partial charge on any atom is -0.493 e. The molecule has 0 fully saturated rings. The Balaban J connectivity index is 1.74. The van der Waals surface area contributed by atoms with E-state index in [1.165, 1.54) is 13.2 Å². The third-order valence-corrected chi connectivity index (χ3v) is 6.95. The molecule has 0 saturated heterocycles. The van der Waals surface area contributed by atoms with Crippen molar-refractivity contribution in [2.24, 2.45) is 5.41 Å². The third-order valence-electron chi connectivity index (χ3n) is 5.70. The van der Waals surface area contributed by atoms with Gasteiger partial charge in [-0.2, -0.15) is 8.42 Å². The van der Waals surface area contributed by atoms with Gasteiger partial charge in [-0.05, 0) is 80.3 Å². The van der Waals surface area contributed by atoms with Crippen LogP contribution in [-0.4, -0.2) is 30.5 Å². The monoisotopic (exact) mass is 525 g/mol. The molecule has 0 bridgehead atoms. The van der Waals surface area contributed by atoms with E-state index in [-0.39, 0.29) is 27.3 Å². The van der Waals surface area contributed by atoms with Gasteiger partial charge in [0.2, 0.25) is 0 Å². The first kappa shape index (κ1) is 26.5. The first-order valence-corrected chi connectivity index (χ1v) is 13.3. The molecule has 0 spiro atoms. The lowest BCUT2D eigenvalue weighted by atomic mass is 9.82.